The van der Waals surface area contributed by atoms with Crippen LogP contribution in [0.4, 0.5) is 5.82 Å². The van der Waals surface area contributed by atoms with E-state index in [0.29, 0.717) is 5.92 Å². The Morgan fingerprint density at radius 1 is 1.45 bits per heavy atom. The van der Waals surface area contributed by atoms with Crippen molar-refractivity contribution in [2.45, 2.75) is 19.9 Å². The molecule has 0 aliphatic carbocycles. The van der Waals surface area contributed by atoms with Crippen LogP contribution < -0.4 is 5.32 Å². The van der Waals surface area contributed by atoms with E-state index in [0.717, 1.165) is 31.1 Å². The van der Waals surface area contributed by atoms with E-state index >= 15 is 0 Å². The highest BCUT2D eigenvalue weighted by Gasteiger charge is 2.22. The summed E-state index contributed by atoms with van der Waals surface area (Å²) in [4.78, 5) is 11.3. The molecule has 1 atom stereocenters. The molecule has 0 radical (unpaired) electrons. The van der Waals surface area contributed by atoms with E-state index in [-0.39, 0.29) is 0 Å². The molecule has 106 valence electrons. The first-order valence-electron chi connectivity index (χ1n) is 7.06. The Labute approximate surface area is 123 Å². The van der Waals surface area contributed by atoms with Gasteiger partial charge in [-0.15, -0.1) is 11.3 Å². The lowest BCUT2D eigenvalue weighted by molar-refractivity contribution is 0.315. The molecule has 1 saturated heterocycles. The maximum Gasteiger partial charge on any atom is 0.126 e. The molecule has 1 aliphatic rings. The summed E-state index contributed by atoms with van der Waals surface area (Å²) in [5.41, 5.74) is 4.17. The number of hydrogen-bond acceptors (Lipinski definition) is 5. The van der Waals surface area contributed by atoms with E-state index in [1.807, 2.05) is 30.6 Å². The van der Waals surface area contributed by atoms with Crippen LogP contribution in [0.2, 0.25) is 0 Å². The molecule has 4 nitrogen and oxygen atoms in total. The number of hydrogen-bond donors (Lipinski definition) is 1. The molecule has 3 rings (SSSR count). The SMILES string of the molecule is Cc1cccc(NC[C@H]2CCN(Cc3cscn3)C2)n1. The van der Waals surface area contributed by atoms with Gasteiger partial charge in [0.05, 0.1) is 11.2 Å². The number of nitrogens with one attached hydrogen (secondary N) is 1. The van der Waals surface area contributed by atoms with E-state index in [1.165, 1.54) is 18.7 Å². The third-order valence-corrected chi connectivity index (χ3v) is 4.33. The zero-order valence-electron chi connectivity index (χ0n) is 11.7. The van der Waals surface area contributed by atoms with Crippen molar-refractivity contribution < 1.29 is 0 Å². The number of anilines is 1. The van der Waals surface area contributed by atoms with Gasteiger partial charge >= 0.3 is 0 Å². The molecule has 0 spiro atoms. The largest absolute Gasteiger partial charge is 0.370 e. The fourth-order valence-electron chi connectivity index (χ4n) is 2.66. The highest BCUT2D eigenvalue weighted by Crippen LogP contribution is 2.19. The first-order chi connectivity index (χ1) is 9.79. The van der Waals surface area contributed by atoms with E-state index in [2.05, 4.69) is 25.6 Å². The zero-order chi connectivity index (χ0) is 13.8. The Bertz CT molecular complexity index is 541. The van der Waals surface area contributed by atoms with Crippen molar-refractivity contribution in [3.05, 3.63) is 40.5 Å². The van der Waals surface area contributed by atoms with Crippen molar-refractivity contribution in [1.29, 1.82) is 0 Å². The highest BCUT2D eigenvalue weighted by atomic mass is 32.1. The van der Waals surface area contributed by atoms with Gasteiger partial charge in [0.15, 0.2) is 0 Å². The van der Waals surface area contributed by atoms with E-state index < -0.39 is 0 Å². The predicted octanol–water partition coefficient (Wildman–Crippen LogP) is 2.78. The molecular weight excluding hydrogens is 268 g/mol. The topological polar surface area (TPSA) is 41.0 Å². The Kier molecular flexibility index (Phi) is 4.28. The van der Waals surface area contributed by atoms with Gasteiger partial charge in [0.25, 0.3) is 0 Å². The third kappa shape index (κ3) is 3.55. The van der Waals surface area contributed by atoms with Gasteiger partial charge in [-0.3, -0.25) is 4.90 Å². The van der Waals surface area contributed by atoms with Crippen molar-refractivity contribution in [3.8, 4) is 0 Å². The quantitative estimate of drug-likeness (QED) is 0.918. The average molecular weight is 288 g/mol. The average Bonchev–Trinajstić information content (AvgIpc) is 3.09. The summed E-state index contributed by atoms with van der Waals surface area (Å²) in [6.45, 7) is 6.34. The lowest BCUT2D eigenvalue weighted by Crippen LogP contribution is -2.23. The number of pyridine rings is 1. The molecular formula is C15H20N4S. The molecule has 0 bridgehead atoms. The summed E-state index contributed by atoms with van der Waals surface area (Å²) in [7, 11) is 0. The van der Waals surface area contributed by atoms with E-state index in [4.69, 9.17) is 0 Å². The van der Waals surface area contributed by atoms with Gasteiger partial charge in [0.2, 0.25) is 0 Å². The van der Waals surface area contributed by atoms with Gasteiger partial charge in [0.1, 0.15) is 5.82 Å². The van der Waals surface area contributed by atoms with Crippen molar-refractivity contribution in [2.75, 3.05) is 25.0 Å². The summed E-state index contributed by atoms with van der Waals surface area (Å²) in [6, 6.07) is 6.11. The van der Waals surface area contributed by atoms with Crippen LogP contribution in [0.1, 0.15) is 17.8 Å². The van der Waals surface area contributed by atoms with Gasteiger partial charge < -0.3 is 5.32 Å². The molecule has 0 amide bonds. The minimum Gasteiger partial charge on any atom is -0.370 e. The molecule has 3 heterocycles. The molecule has 1 N–H and O–H groups in total. The Balaban J connectivity index is 1.46. The predicted molar refractivity (Wildman–Crippen MR) is 83.0 cm³/mol. The standard InChI is InChI=1S/C15H20N4S/c1-12-3-2-4-15(18-12)16-7-13-5-6-19(8-13)9-14-10-20-11-17-14/h2-4,10-11,13H,5-9H2,1H3,(H,16,18)/t13-/m1/s1. The minimum absolute atomic E-state index is 0.705. The van der Waals surface area contributed by atoms with Crippen LogP contribution in [-0.4, -0.2) is 34.5 Å². The number of thiazole rings is 1. The van der Waals surface area contributed by atoms with Crippen LogP contribution in [0.25, 0.3) is 0 Å². The van der Waals surface area contributed by atoms with Crippen LogP contribution >= 0.6 is 11.3 Å². The highest BCUT2D eigenvalue weighted by molar-refractivity contribution is 7.07. The summed E-state index contributed by atoms with van der Waals surface area (Å²) in [5.74, 6) is 1.69. The smallest absolute Gasteiger partial charge is 0.126 e. The number of rotatable bonds is 5. The number of nitrogens with zero attached hydrogens (tertiary/aromatic N) is 3. The van der Waals surface area contributed by atoms with Gasteiger partial charge in [-0.25, -0.2) is 9.97 Å². The zero-order valence-corrected chi connectivity index (χ0v) is 12.6. The second-order valence-corrected chi connectivity index (χ2v) is 6.13. The summed E-state index contributed by atoms with van der Waals surface area (Å²) in [6.07, 6.45) is 1.25. The molecule has 2 aromatic rings. The van der Waals surface area contributed by atoms with Crippen molar-refractivity contribution in [3.63, 3.8) is 0 Å². The number of aromatic nitrogens is 2. The van der Waals surface area contributed by atoms with Crippen LogP contribution in [0.3, 0.4) is 0 Å². The monoisotopic (exact) mass is 288 g/mol. The van der Waals surface area contributed by atoms with Crippen molar-refractivity contribution in [1.82, 2.24) is 14.9 Å². The van der Waals surface area contributed by atoms with Crippen LogP contribution in [-0.2, 0) is 6.54 Å². The van der Waals surface area contributed by atoms with E-state index in [9.17, 15) is 0 Å². The molecule has 5 heteroatoms. The fraction of sp³-hybridized carbons (Fsp3) is 0.467. The van der Waals surface area contributed by atoms with E-state index in [1.54, 1.807) is 11.3 Å². The Hall–Kier alpha value is -1.46. The summed E-state index contributed by atoms with van der Waals surface area (Å²) >= 11 is 1.67. The molecule has 1 aliphatic heterocycles. The maximum absolute atomic E-state index is 4.48. The minimum atomic E-state index is 0.705. The fourth-order valence-corrected chi connectivity index (χ4v) is 3.21. The molecule has 0 saturated carbocycles. The Morgan fingerprint density at radius 3 is 3.20 bits per heavy atom. The summed E-state index contributed by atoms with van der Waals surface area (Å²) < 4.78 is 0. The van der Waals surface area contributed by atoms with Crippen LogP contribution in [0.15, 0.2) is 29.1 Å². The van der Waals surface area contributed by atoms with Crippen LogP contribution in [0.5, 0.6) is 0 Å². The molecule has 0 aromatic carbocycles. The number of aryl methyl sites for hydroxylation is 1. The van der Waals surface area contributed by atoms with Crippen LogP contribution in [0, 0.1) is 12.8 Å². The lowest BCUT2D eigenvalue weighted by atomic mass is 10.1. The number of likely N-dealkylation sites (tertiary alicyclic amines) is 1. The normalized spacial score (nSPS) is 19.4. The molecule has 2 aromatic heterocycles. The van der Waals surface area contributed by atoms with Gasteiger partial charge in [-0.05, 0) is 37.9 Å². The first-order valence-corrected chi connectivity index (χ1v) is 8.01. The Morgan fingerprint density at radius 2 is 2.40 bits per heavy atom. The van der Waals surface area contributed by atoms with Crippen molar-refractivity contribution >= 4 is 17.2 Å². The van der Waals surface area contributed by atoms with Crippen molar-refractivity contribution in [2.24, 2.45) is 5.92 Å². The van der Waals surface area contributed by atoms with Gasteiger partial charge in [0, 0.05) is 30.7 Å². The molecule has 20 heavy (non-hydrogen) atoms. The van der Waals surface area contributed by atoms with Gasteiger partial charge in [-0.1, -0.05) is 6.07 Å². The van der Waals surface area contributed by atoms with Gasteiger partial charge in [-0.2, -0.15) is 0 Å². The molecule has 1 fully saturated rings. The second kappa shape index (κ2) is 6.33. The molecule has 0 unspecified atom stereocenters. The third-order valence-electron chi connectivity index (χ3n) is 3.70. The second-order valence-electron chi connectivity index (χ2n) is 5.41. The first kappa shape index (κ1) is 13.5. The summed E-state index contributed by atoms with van der Waals surface area (Å²) in [5, 5.41) is 5.60. The lowest BCUT2D eigenvalue weighted by Gasteiger charge is -2.15. The maximum atomic E-state index is 4.48.